The third-order valence-corrected chi connectivity index (χ3v) is 6.87. The molecule has 3 N–H and O–H groups in total. The standard InChI is InChI=1S/C28H39N5O3/c1-19-17-33(18-20(2)29-19)24-7-5-6-22(9-12-24)28(34)30-27-13-11-23(31-32-27)10-8-21-14-25(35-3)16-26(15-21)36-4/h5-6,9,12,14-16,19-20,23,29,31H,7-8,10-11,13,17-18H2,1-4H3,(H,30,32,34)/t19-,20+,23?. The second-order valence-corrected chi connectivity index (χ2v) is 9.90. The van der Waals surface area contributed by atoms with Crippen molar-refractivity contribution in [2.24, 2.45) is 5.10 Å². The van der Waals surface area contributed by atoms with Crippen molar-refractivity contribution in [1.82, 2.24) is 21.0 Å². The molecule has 0 radical (unpaired) electrons. The number of rotatable bonds is 7. The summed E-state index contributed by atoms with van der Waals surface area (Å²) in [5, 5.41) is 11.0. The lowest BCUT2D eigenvalue weighted by Crippen LogP contribution is -2.53. The Labute approximate surface area is 214 Å². The maximum atomic E-state index is 12.9. The van der Waals surface area contributed by atoms with Crippen LogP contribution in [0, 0.1) is 0 Å². The highest BCUT2D eigenvalue weighted by molar-refractivity contribution is 6.07. The molecule has 1 fully saturated rings. The summed E-state index contributed by atoms with van der Waals surface area (Å²) >= 11 is 0. The van der Waals surface area contributed by atoms with Crippen LogP contribution in [0.15, 0.2) is 58.9 Å². The SMILES string of the molecule is COc1cc(CCC2CCC(NC(=O)C3=CC=C(N4C[C@@H](C)N[C@@H](C)C4)CC=C3)=NN2)cc(OC)c1. The molecule has 1 saturated heterocycles. The number of carbonyl (C=O) groups excluding carboxylic acids is 1. The normalized spacial score (nSPS) is 24.1. The van der Waals surface area contributed by atoms with Crippen molar-refractivity contribution in [3.8, 4) is 11.5 Å². The number of hydrazone groups is 1. The van der Waals surface area contributed by atoms with Gasteiger partial charge >= 0.3 is 0 Å². The number of nitrogens with zero attached hydrogens (tertiary/aromatic N) is 2. The molecule has 1 aromatic rings. The first-order valence-electron chi connectivity index (χ1n) is 12.9. The largest absolute Gasteiger partial charge is 0.497 e. The molecule has 0 saturated carbocycles. The molecule has 3 atom stereocenters. The second-order valence-electron chi connectivity index (χ2n) is 9.90. The Balaban J connectivity index is 1.29. The van der Waals surface area contributed by atoms with Crippen molar-refractivity contribution in [1.29, 1.82) is 0 Å². The first-order valence-corrected chi connectivity index (χ1v) is 12.9. The first kappa shape index (κ1) is 25.8. The van der Waals surface area contributed by atoms with E-state index in [2.05, 4.69) is 52.1 Å². The minimum Gasteiger partial charge on any atom is -0.497 e. The fourth-order valence-corrected chi connectivity index (χ4v) is 5.02. The van der Waals surface area contributed by atoms with Crippen molar-refractivity contribution in [3.63, 3.8) is 0 Å². The van der Waals surface area contributed by atoms with Gasteiger partial charge in [0.1, 0.15) is 17.3 Å². The molecule has 1 aromatic carbocycles. The highest BCUT2D eigenvalue weighted by Crippen LogP contribution is 2.24. The number of carbonyl (C=O) groups is 1. The van der Waals surface area contributed by atoms with Crippen molar-refractivity contribution >= 4 is 11.7 Å². The van der Waals surface area contributed by atoms with Crippen LogP contribution in [0.1, 0.15) is 45.1 Å². The molecule has 8 nitrogen and oxygen atoms in total. The zero-order valence-electron chi connectivity index (χ0n) is 21.8. The van der Waals surface area contributed by atoms with Gasteiger partial charge in [-0.3, -0.25) is 4.79 Å². The maximum absolute atomic E-state index is 12.9. The Morgan fingerprint density at radius 2 is 1.83 bits per heavy atom. The highest BCUT2D eigenvalue weighted by Gasteiger charge is 2.23. The molecular formula is C28H39N5O3. The predicted molar refractivity (Wildman–Crippen MR) is 143 cm³/mol. The summed E-state index contributed by atoms with van der Waals surface area (Å²) in [5.41, 5.74) is 6.29. The third-order valence-electron chi connectivity index (χ3n) is 6.87. The number of piperazine rings is 1. The average Bonchev–Trinajstić information content (AvgIpc) is 3.14. The number of hydrogen-bond acceptors (Lipinski definition) is 7. The van der Waals surface area contributed by atoms with Crippen molar-refractivity contribution < 1.29 is 14.3 Å². The monoisotopic (exact) mass is 493 g/mol. The van der Waals surface area contributed by atoms with E-state index in [1.807, 2.05) is 30.4 Å². The number of amides is 1. The van der Waals surface area contributed by atoms with Crippen LogP contribution >= 0.6 is 0 Å². The van der Waals surface area contributed by atoms with E-state index < -0.39 is 0 Å². The van der Waals surface area contributed by atoms with Gasteiger partial charge in [-0.25, -0.2) is 0 Å². The van der Waals surface area contributed by atoms with Crippen LogP contribution in [0.2, 0.25) is 0 Å². The van der Waals surface area contributed by atoms with E-state index in [0.717, 1.165) is 56.7 Å². The van der Waals surface area contributed by atoms with E-state index >= 15 is 0 Å². The van der Waals surface area contributed by atoms with Crippen LogP contribution in [0.5, 0.6) is 11.5 Å². The highest BCUT2D eigenvalue weighted by atomic mass is 16.5. The Morgan fingerprint density at radius 1 is 1.11 bits per heavy atom. The number of hydrogen-bond donors (Lipinski definition) is 3. The molecule has 0 aromatic heterocycles. The third kappa shape index (κ3) is 6.91. The number of ether oxygens (including phenoxy) is 2. The zero-order chi connectivity index (χ0) is 25.5. The summed E-state index contributed by atoms with van der Waals surface area (Å²) in [4.78, 5) is 15.3. The lowest BCUT2D eigenvalue weighted by molar-refractivity contribution is -0.115. The fraction of sp³-hybridized carbons (Fsp3) is 0.500. The molecule has 2 aliphatic heterocycles. The van der Waals surface area contributed by atoms with E-state index in [-0.39, 0.29) is 11.9 Å². The lowest BCUT2D eigenvalue weighted by atomic mass is 10.0. The molecule has 3 aliphatic rings. The minimum atomic E-state index is -0.117. The van der Waals surface area contributed by atoms with Crippen LogP contribution < -0.4 is 25.5 Å². The van der Waals surface area contributed by atoms with Gasteiger partial charge in [0.25, 0.3) is 5.91 Å². The minimum absolute atomic E-state index is 0.117. The number of aryl methyl sites for hydroxylation is 1. The number of allylic oxidation sites excluding steroid dienone is 3. The van der Waals surface area contributed by atoms with E-state index in [0.29, 0.717) is 23.5 Å². The Morgan fingerprint density at radius 3 is 2.47 bits per heavy atom. The summed E-state index contributed by atoms with van der Waals surface area (Å²) in [6.45, 7) is 6.39. The van der Waals surface area contributed by atoms with Gasteiger partial charge in [-0.15, -0.1) is 0 Å². The van der Waals surface area contributed by atoms with Gasteiger partial charge in [-0.05, 0) is 63.0 Å². The molecule has 0 spiro atoms. The Bertz CT molecular complexity index is 1030. The quantitative estimate of drug-likeness (QED) is 0.541. The van der Waals surface area contributed by atoms with Gasteiger partial charge in [0.15, 0.2) is 0 Å². The van der Waals surface area contributed by atoms with Gasteiger partial charge in [-0.2, -0.15) is 5.10 Å². The predicted octanol–water partition coefficient (Wildman–Crippen LogP) is 3.27. The van der Waals surface area contributed by atoms with Gasteiger partial charge in [0.05, 0.1) is 14.2 Å². The van der Waals surface area contributed by atoms with E-state index in [9.17, 15) is 4.79 Å². The summed E-state index contributed by atoms with van der Waals surface area (Å²) < 4.78 is 10.7. The second kappa shape index (κ2) is 12.1. The number of benzene rings is 1. The Hall–Kier alpha value is -3.26. The topological polar surface area (TPSA) is 87.2 Å². The first-order chi connectivity index (χ1) is 17.4. The van der Waals surface area contributed by atoms with Crippen LogP contribution in [0.4, 0.5) is 0 Å². The van der Waals surface area contributed by atoms with Gasteiger partial charge in [-0.1, -0.05) is 12.2 Å². The smallest absolute Gasteiger partial charge is 0.256 e. The zero-order valence-corrected chi connectivity index (χ0v) is 21.8. The van der Waals surface area contributed by atoms with Gasteiger partial charge < -0.3 is 30.4 Å². The van der Waals surface area contributed by atoms with E-state index in [4.69, 9.17) is 9.47 Å². The molecule has 0 bridgehead atoms. The van der Waals surface area contributed by atoms with Crippen LogP contribution in [0.25, 0.3) is 0 Å². The molecule has 1 amide bonds. The summed E-state index contributed by atoms with van der Waals surface area (Å²) in [5.74, 6) is 2.16. The number of nitrogens with one attached hydrogen (secondary N) is 3. The summed E-state index contributed by atoms with van der Waals surface area (Å²) in [7, 11) is 3.32. The molecular weight excluding hydrogens is 454 g/mol. The van der Waals surface area contributed by atoms with Crippen molar-refractivity contribution in [2.75, 3.05) is 27.3 Å². The molecule has 1 unspecified atom stereocenters. The molecule has 8 heteroatoms. The lowest BCUT2D eigenvalue weighted by Gasteiger charge is -2.38. The van der Waals surface area contributed by atoms with Crippen molar-refractivity contribution in [2.45, 2.75) is 64.1 Å². The van der Waals surface area contributed by atoms with Crippen LogP contribution in [-0.2, 0) is 11.2 Å². The maximum Gasteiger partial charge on any atom is 0.256 e. The average molecular weight is 494 g/mol. The van der Waals surface area contributed by atoms with Gasteiger partial charge in [0.2, 0.25) is 0 Å². The molecule has 2 heterocycles. The summed E-state index contributed by atoms with van der Waals surface area (Å²) in [6, 6.07) is 7.12. The molecule has 36 heavy (non-hydrogen) atoms. The molecule has 1 aliphatic carbocycles. The van der Waals surface area contributed by atoms with Crippen LogP contribution in [-0.4, -0.2) is 62.1 Å². The van der Waals surface area contributed by atoms with Gasteiger partial charge in [0, 0.05) is 61.4 Å². The molecule has 4 rings (SSSR count). The van der Waals surface area contributed by atoms with E-state index in [1.165, 1.54) is 11.3 Å². The van der Waals surface area contributed by atoms with E-state index in [1.54, 1.807) is 14.2 Å². The van der Waals surface area contributed by atoms with Crippen molar-refractivity contribution in [3.05, 3.63) is 59.3 Å². The summed E-state index contributed by atoms with van der Waals surface area (Å²) in [6.07, 6.45) is 12.3. The number of methoxy groups -OCH3 is 2. The van der Waals surface area contributed by atoms with Crippen LogP contribution in [0.3, 0.4) is 0 Å². The fourth-order valence-electron chi connectivity index (χ4n) is 5.02. The Kier molecular flexibility index (Phi) is 8.70. The number of amidine groups is 1. The molecule has 194 valence electrons.